The molecular formula is C11H11ClF2O2. The van der Waals surface area contributed by atoms with Gasteiger partial charge in [-0.25, -0.2) is 0 Å². The van der Waals surface area contributed by atoms with Crippen LogP contribution in [0.15, 0.2) is 18.2 Å². The highest BCUT2D eigenvalue weighted by molar-refractivity contribution is 6.31. The molecule has 0 N–H and O–H groups in total. The van der Waals surface area contributed by atoms with E-state index in [4.69, 9.17) is 11.6 Å². The molecule has 0 atom stereocenters. The third-order valence-electron chi connectivity index (χ3n) is 1.91. The van der Waals surface area contributed by atoms with Gasteiger partial charge in [0.05, 0.1) is 0 Å². The van der Waals surface area contributed by atoms with Crippen molar-refractivity contribution in [1.29, 1.82) is 0 Å². The fourth-order valence-electron chi connectivity index (χ4n) is 1.21. The lowest BCUT2D eigenvalue weighted by molar-refractivity contribution is -0.0498. The number of alkyl halides is 2. The molecule has 0 saturated carbocycles. The zero-order valence-electron chi connectivity index (χ0n) is 8.84. The minimum Gasteiger partial charge on any atom is -0.435 e. The van der Waals surface area contributed by atoms with Crippen LogP contribution < -0.4 is 4.74 Å². The van der Waals surface area contributed by atoms with Crippen LogP contribution in [0.3, 0.4) is 0 Å². The summed E-state index contributed by atoms with van der Waals surface area (Å²) in [6, 6.07) is 3.94. The summed E-state index contributed by atoms with van der Waals surface area (Å²) in [5.74, 6) is -0.494. The number of hydrogen-bond acceptors (Lipinski definition) is 2. The lowest BCUT2D eigenvalue weighted by atomic mass is 10.0. The van der Waals surface area contributed by atoms with Crippen molar-refractivity contribution in [2.75, 3.05) is 0 Å². The van der Waals surface area contributed by atoms with Crippen LogP contribution in [-0.2, 0) is 0 Å². The van der Waals surface area contributed by atoms with Crippen LogP contribution in [0, 0.1) is 5.92 Å². The average Bonchev–Trinajstić information content (AvgIpc) is 2.14. The van der Waals surface area contributed by atoms with Gasteiger partial charge in [-0.05, 0) is 18.2 Å². The standard InChI is InChI=1S/C11H11ClF2O2/c1-6(2)10(15)7-3-8(12)5-9(4-7)16-11(13)14/h3-6,11H,1-2H3. The SMILES string of the molecule is CC(C)C(=O)c1cc(Cl)cc(OC(F)F)c1. The summed E-state index contributed by atoms with van der Waals surface area (Å²) in [6.45, 7) is 0.508. The zero-order valence-corrected chi connectivity index (χ0v) is 9.59. The van der Waals surface area contributed by atoms with E-state index in [1.165, 1.54) is 18.2 Å². The smallest absolute Gasteiger partial charge is 0.387 e. The van der Waals surface area contributed by atoms with E-state index in [1.807, 2.05) is 0 Å². The van der Waals surface area contributed by atoms with Gasteiger partial charge in [-0.15, -0.1) is 0 Å². The van der Waals surface area contributed by atoms with E-state index >= 15 is 0 Å². The number of benzene rings is 1. The van der Waals surface area contributed by atoms with Crippen molar-refractivity contribution in [3.05, 3.63) is 28.8 Å². The van der Waals surface area contributed by atoms with E-state index in [0.29, 0.717) is 0 Å². The number of rotatable bonds is 4. The number of Topliss-reactive ketones (excluding diaryl/α,β-unsaturated/α-hetero) is 1. The van der Waals surface area contributed by atoms with Gasteiger partial charge in [-0.2, -0.15) is 8.78 Å². The molecule has 1 aromatic carbocycles. The van der Waals surface area contributed by atoms with Gasteiger partial charge in [0.15, 0.2) is 5.78 Å². The largest absolute Gasteiger partial charge is 0.435 e. The van der Waals surface area contributed by atoms with E-state index < -0.39 is 6.61 Å². The Morgan fingerprint density at radius 3 is 2.44 bits per heavy atom. The quantitative estimate of drug-likeness (QED) is 0.758. The Morgan fingerprint density at radius 2 is 1.94 bits per heavy atom. The van der Waals surface area contributed by atoms with E-state index in [0.717, 1.165) is 0 Å². The van der Waals surface area contributed by atoms with Gasteiger partial charge in [-0.1, -0.05) is 25.4 Å². The summed E-state index contributed by atoms with van der Waals surface area (Å²) >= 11 is 5.71. The molecule has 0 bridgehead atoms. The summed E-state index contributed by atoms with van der Waals surface area (Å²) in [5, 5.41) is 0.196. The van der Waals surface area contributed by atoms with Gasteiger partial charge in [0.25, 0.3) is 0 Å². The predicted octanol–water partition coefficient (Wildman–Crippen LogP) is 3.78. The van der Waals surface area contributed by atoms with Crippen molar-refractivity contribution in [1.82, 2.24) is 0 Å². The van der Waals surface area contributed by atoms with Crippen molar-refractivity contribution < 1.29 is 18.3 Å². The minimum absolute atomic E-state index is 0.105. The maximum absolute atomic E-state index is 12.0. The van der Waals surface area contributed by atoms with Gasteiger partial charge in [0.2, 0.25) is 0 Å². The predicted molar refractivity (Wildman–Crippen MR) is 57.3 cm³/mol. The molecule has 0 aromatic heterocycles. The lowest BCUT2D eigenvalue weighted by Gasteiger charge is -2.09. The van der Waals surface area contributed by atoms with Crippen LogP contribution in [0.4, 0.5) is 8.78 Å². The summed E-state index contributed by atoms with van der Waals surface area (Å²) < 4.78 is 28.2. The molecule has 16 heavy (non-hydrogen) atoms. The van der Waals surface area contributed by atoms with Crippen LogP contribution in [0.25, 0.3) is 0 Å². The minimum atomic E-state index is -2.93. The van der Waals surface area contributed by atoms with Crippen molar-refractivity contribution in [2.45, 2.75) is 20.5 Å². The maximum atomic E-state index is 12.0. The molecule has 0 aliphatic carbocycles. The molecule has 0 radical (unpaired) electrons. The number of ether oxygens (including phenoxy) is 1. The molecule has 0 aliphatic rings. The molecule has 1 rings (SSSR count). The molecule has 2 nitrogen and oxygen atoms in total. The Morgan fingerprint density at radius 1 is 1.31 bits per heavy atom. The summed E-state index contributed by atoms with van der Waals surface area (Å²) in [6.07, 6.45) is 0. The highest BCUT2D eigenvalue weighted by Gasteiger charge is 2.14. The highest BCUT2D eigenvalue weighted by Crippen LogP contribution is 2.24. The van der Waals surface area contributed by atoms with Crippen molar-refractivity contribution >= 4 is 17.4 Å². The number of ketones is 1. The summed E-state index contributed by atoms with van der Waals surface area (Å²) in [5.41, 5.74) is 0.276. The molecule has 5 heteroatoms. The van der Waals surface area contributed by atoms with Crippen LogP contribution in [0.5, 0.6) is 5.75 Å². The molecule has 0 saturated heterocycles. The summed E-state index contributed by atoms with van der Waals surface area (Å²) in [4.78, 5) is 11.6. The number of carbonyl (C=O) groups is 1. The first-order valence-corrected chi connectivity index (χ1v) is 5.07. The maximum Gasteiger partial charge on any atom is 0.387 e. The first kappa shape index (κ1) is 12.9. The van der Waals surface area contributed by atoms with Crippen LogP contribution in [0.2, 0.25) is 5.02 Å². The molecule has 88 valence electrons. The topological polar surface area (TPSA) is 26.3 Å². The van der Waals surface area contributed by atoms with Crippen molar-refractivity contribution in [3.8, 4) is 5.75 Å². The molecular weight excluding hydrogens is 238 g/mol. The Labute approximate surface area is 97.2 Å². The highest BCUT2D eigenvalue weighted by atomic mass is 35.5. The normalized spacial score (nSPS) is 10.9. The third kappa shape index (κ3) is 3.45. The Bertz CT molecular complexity index is 392. The first-order valence-electron chi connectivity index (χ1n) is 4.69. The fraction of sp³-hybridized carbons (Fsp3) is 0.364. The fourth-order valence-corrected chi connectivity index (χ4v) is 1.43. The van der Waals surface area contributed by atoms with Crippen molar-refractivity contribution in [2.24, 2.45) is 5.92 Å². The second kappa shape index (κ2) is 5.25. The third-order valence-corrected chi connectivity index (χ3v) is 2.12. The van der Waals surface area contributed by atoms with Gasteiger partial charge in [0.1, 0.15) is 5.75 Å². The molecule has 0 aliphatic heterocycles. The molecule has 0 heterocycles. The van der Waals surface area contributed by atoms with Gasteiger partial charge >= 0.3 is 6.61 Å². The second-order valence-corrected chi connectivity index (χ2v) is 4.01. The second-order valence-electron chi connectivity index (χ2n) is 3.57. The Balaban J connectivity index is 3.03. The van der Waals surface area contributed by atoms with Crippen LogP contribution in [-0.4, -0.2) is 12.4 Å². The summed E-state index contributed by atoms with van der Waals surface area (Å²) in [7, 11) is 0. The van der Waals surface area contributed by atoms with Gasteiger partial charge < -0.3 is 4.74 Å². The number of carbonyl (C=O) groups excluding carboxylic acids is 1. The molecule has 0 unspecified atom stereocenters. The van der Waals surface area contributed by atoms with E-state index in [1.54, 1.807) is 13.8 Å². The monoisotopic (exact) mass is 248 g/mol. The molecule has 0 amide bonds. The van der Waals surface area contributed by atoms with E-state index in [-0.39, 0.29) is 28.0 Å². The molecule has 0 fully saturated rings. The van der Waals surface area contributed by atoms with Crippen molar-refractivity contribution in [3.63, 3.8) is 0 Å². The lowest BCUT2D eigenvalue weighted by Crippen LogP contribution is -2.08. The van der Waals surface area contributed by atoms with E-state index in [2.05, 4.69) is 4.74 Å². The first-order chi connectivity index (χ1) is 7.40. The van der Waals surface area contributed by atoms with Gasteiger partial charge in [-0.3, -0.25) is 4.79 Å². The van der Waals surface area contributed by atoms with Crippen LogP contribution >= 0.6 is 11.6 Å². The molecule has 0 spiro atoms. The van der Waals surface area contributed by atoms with Gasteiger partial charge in [0, 0.05) is 16.5 Å². The Kier molecular flexibility index (Phi) is 4.24. The van der Waals surface area contributed by atoms with Crippen LogP contribution in [0.1, 0.15) is 24.2 Å². The average molecular weight is 249 g/mol. The Hall–Kier alpha value is -1.16. The molecule has 1 aromatic rings. The number of hydrogen-bond donors (Lipinski definition) is 0. The zero-order chi connectivity index (χ0) is 12.3. The van der Waals surface area contributed by atoms with E-state index in [9.17, 15) is 13.6 Å². The number of halogens is 3.